The Morgan fingerprint density at radius 3 is 2.19 bits per heavy atom. The Bertz CT molecular complexity index is 1460. The maximum absolute atomic E-state index is 14.1. The fourth-order valence-electron chi connectivity index (χ4n) is 5.13. The first-order chi connectivity index (χ1) is 20.2. The van der Waals surface area contributed by atoms with Gasteiger partial charge in [-0.05, 0) is 61.7 Å². The highest BCUT2D eigenvalue weighted by molar-refractivity contribution is 7.92. The van der Waals surface area contributed by atoms with Gasteiger partial charge in [0, 0.05) is 18.7 Å². The molecule has 4 rings (SSSR count). The zero-order chi connectivity index (χ0) is 30.1. The van der Waals surface area contributed by atoms with Crippen LogP contribution in [0.2, 0.25) is 0 Å². The molecule has 3 aromatic carbocycles. The van der Waals surface area contributed by atoms with E-state index in [2.05, 4.69) is 5.32 Å². The minimum absolute atomic E-state index is 0.0445. The number of amides is 2. The van der Waals surface area contributed by atoms with E-state index in [1.54, 1.807) is 68.6 Å². The van der Waals surface area contributed by atoms with E-state index < -0.39 is 28.5 Å². The van der Waals surface area contributed by atoms with Crippen LogP contribution in [-0.4, -0.2) is 58.0 Å². The molecule has 0 aliphatic heterocycles. The first-order valence-electron chi connectivity index (χ1n) is 14.2. The molecule has 1 saturated carbocycles. The van der Waals surface area contributed by atoms with Crippen molar-refractivity contribution in [2.45, 2.75) is 62.6 Å². The molecule has 1 fully saturated rings. The van der Waals surface area contributed by atoms with Crippen molar-refractivity contribution >= 4 is 27.5 Å². The van der Waals surface area contributed by atoms with Gasteiger partial charge in [0.15, 0.2) is 0 Å². The number of anilines is 1. The zero-order valence-electron chi connectivity index (χ0n) is 24.4. The van der Waals surface area contributed by atoms with Gasteiger partial charge in [0.2, 0.25) is 11.8 Å². The van der Waals surface area contributed by atoms with Gasteiger partial charge in [-0.3, -0.25) is 13.9 Å². The summed E-state index contributed by atoms with van der Waals surface area (Å²) in [6.07, 6.45) is 5.07. The molecule has 42 heavy (non-hydrogen) atoms. The fourth-order valence-corrected chi connectivity index (χ4v) is 6.56. The monoisotopic (exact) mass is 593 g/mol. The molecule has 224 valence electrons. The maximum Gasteiger partial charge on any atom is 0.264 e. The third-order valence-corrected chi connectivity index (χ3v) is 9.35. The van der Waals surface area contributed by atoms with Crippen molar-refractivity contribution in [3.05, 3.63) is 84.4 Å². The van der Waals surface area contributed by atoms with E-state index in [0.717, 1.165) is 42.0 Å². The average molecular weight is 594 g/mol. The van der Waals surface area contributed by atoms with Gasteiger partial charge in [0.25, 0.3) is 10.0 Å². The second-order valence-electron chi connectivity index (χ2n) is 10.4. The van der Waals surface area contributed by atoms with Crippen LogP contribution in [0.25, 0.3) is 0 Å². The first-order valence-corrected chi connectivity index (χ1v) is 15.6. The highest BCUT2D eigenvalue weighted by Gasteiger charge is 2.33. The SMILES string of the molecule is COc1cccc(CN(C(=O)CN(c2cccc(OC)c2)S(=O)(=O)c2ccccc2)[C@H](C)C(=O)NC2CCCCC2)c1. The Hall–Kier alpha value is -4.05. The van der Waals surface area contributed by atoms with Crippen LogP contribution < -0.4 is 19.1 Å². The molecule has 1 aliphatic rings. The predicted octanol–water partition coefficient (Wildman–Crippen LogP) is 4.77. The number of hydrogen-bond donors (Lipinski definition) is 1. The van der Waals surface area contributed by atoms with E-state index >= 15 is 0 Å². The van der Waals surface area contributed by atoms with Gasteiger partial charge in [-0.1, -0.05) is 55.7 Å². The van der Waals surface area contributed by atoms with Gasteiger partial charge in [0.05, 0.1) is 24.8 Å². The quantitative estimate of drug-likeness (QED) is 0.325. The van der Waals surface area contributed by atoms with Crippen molar-refractivity contribution in [1.82, 2.24) is 10.2 Å². The average Bonchev–Trinajstić information content (AvgIpc) is 3.03. The number of sulfonamides is 1. The number of methoxy groups -OCH3 is 2. The number of benzene rings is 3. The smallest absolute Gasteiger partial charge is 0.264 e. The molecular weight excluding hydrogens is 554 g/mol. The van der Waals surface area contributed by atoms with Crippen LogP contribution in [0, 0.1) is 0 Å². The summed E-state index contributed by atoms with van der Waals surface area (Å²) >= 11 is 0. The third-order valence-electron chi connectivity index (χ3n) is 7.56. The highest BCUT2D eigenvalue weighted by Crippen LogP contribution is 2.28. The van der Waals surface area contributed by atoms with E-state index in [1.807, 2.05) is 12.1 Å². The molecule has 0 spiro atoms. The van der Waals surface area contributed by atoms with E-state index in [-0.39, 0.29) is 29.1 Å². The Kier molecular flexibility index (Phi) is 10.5. The Balaban J connectivity index is 1.69. The lowest BCUT2D eigenvalue weighted by Crippen LogP contribution is -2.53. The minimum atomic E-state index is -4.15. The van der Waals surface area contributed by atoms with Crippen molar-refractivity contribution in [1.29, 1.82) is 0 Å². The second-order valence-corrected chi connectivity index (χ2v) is 12.3. The maximum atomic E-state index is 14.1. The number of nitrogens with zero attached hydrogens (tertiary/aromatic N) is 2. The Morgan fingerprint density at radius 1 is 0.881 bits per heavy atom. The number of rotatable bonds is 12. The Labute approximate surface area is 248 Å². The second kappa shape index (κ2) is 14.2. The summed E-state index contributed by atoms with van der Waals surface area (Å²) in [5.41, 5.74) is 1.02. The van der Waals surface area contributed by atoms with E-state index in [1.165, 1.54) is 24.1 Å². The van der Waals surface area contributed by atoms with Gasteiger partial charge in [-0.2, -0.15) is 0 Å². The summed E-state index contributed by atoms with van der Waals surface area (Å²) in [5.74, 6) is 0.272. The van der Waals surface area contributed by atoms with E-state index in [9.17, 15) is 18.0 Å². The van der Waals surface area contributed by atoms with Crippen molar-refractivity contribution in [3.63, 3.8) is 0 Å². The molecule has 1 N–H and O–H groups in total. The Morgan fingerprint density at radius 2 is 1.52 bits per heavy atom. The molecule has 2 amide bonds. The largest absolute Gasteiger partial charge is 0.497 e. The molecular formula is C32H39N3O6S. The molecule has 0 saturated heterocycles. The fraction of sp³-hybridized carbons (Fsp3) is 0.375. The molecule has 10 heteroatoms. The van der Waals surface area contributed by atoms with E-state index in [4.69, 9.17) is 9.47 Å². The number of carbonyl (C=O) groups is 2. The lowest BCUT2D eigenvalue weighted by Gasteiger charge is -2.33. The minimum Gasteiger partial charge on any atom is -0.497 e. The molecule has 1 aliphatic carbocycles. The summed E-state index contributed by atoms with van der Waals surface area (Å²) < 4.78 is 39.6. The number of carbonyl (C=O) groups excluding carboxylic acids is 2. The topological polar surface area (TPSA) is 105 Å². The third kappa shape index (κ3) is 7.61. The normalized spacial score (nSPS) is 14.5. The number of nitrogens with one attached hydrogen (secondary N) is 1. The first kappa shape index (κ1) is 30.9. The molecule has 0 aromatic heterocycles. The van der Waals surface area contributed by atoms with Crippen molar-refractivity contribution in [2.24, 2.45) is 0 Å². The van der Waals surface area contributed by atoms with Crippen LogP contribution in [0.5, 0.6) is 11.5 Å². The van der Waals surface area contributed by atoms with Crippen LogP contribution >= 0.6 is 0 Å². The lowest BCUT2D eigenvalue weighted by molar-refractivity contribution is -0.139. The summed E-state index contributed by atoms with van der Waals surface area (Å²) in [7, 11) is -1.10. The number of hydrogen-bond acceptors (Lipinski definition) is 6. The van der Waals surface area contributed by atoms with Crippen LogP contribution in [-0.2, 0) is 26.2 Å². The van der Waals surface area contributed by atoms with Gasteiger partial charge < -0.3 is 19.7 Å². The van der Waals surface area contributed by atoms with Crippen molar-refractivity contribution in [3.8, 4) is 11.5 Å². The zero-order valence-corrected chi connectivity index (χ0v) is 25.2. The molecule has 0 unspecified atom stereocenters. The number of ether oxygens (including phenoxy) is 2. The predicted molar refractivity (Wildman–Crippen MR) is 162 cm³/mol. The highest BCUT2D eigenvalue weighted by atomic mass is 32.2. The van der Waals surface area contributed by atoms with Gasteiger partial charge in [0.1, 0.15) is 24.1 Å². The van der Waals surface area contributed by atoms with Crippen LogP contribution in [0.4, 0.5) is 5.69 Å². The van der Waals surface area contributed by atoms with Gasteiger partial charge in [-0.25, -0.2) is 8.42 Å². The van der Waals surface area contributed by atoms with Crippen LogP contribution in [0.3, 0.4) is 0 Å². The molecule has 0 heterocycles. The summed E-state index contributed by atoms with van der Waals surface area (Å²) in [6, 6.07) is 21.0. The summed E-state index contributed by atoms with van der Waals surface area (Å²) in [6.45, 7) is 1.25. The molecule has 0 bridgehead atoms. The van der Waals surface area contributed by atoms with Gasteiger partial charge in [-0.15, -0.1) is 0 Å². The summed E-state index contributed by atoms with van der Waals surface area (Å²) in [5, 5.41) is 3.11. The molecule has 1 atom stereocenters. The molecule has 9 nitrogen and oxygen atoms in total. The van der Waals surface area contributed by atoms with Crippen LogP contribution in [0.15, 0.2) is 83.8 Å². The van der Waals surface area contributed by atoms with Crippen molar-refractivity contribution in [2.75, 3.05) is 25.1 Å². The molecule has 0 radical (unpaired) electrons. The van der Waals surface area contributed by atoms with Crippen molar-refractivity contribution < 1.29 is 27.5 Å². The standard InChI is InChI=1S/C32H39N3O6S/c1-24(32(37)33-26-13-6-4-7-14-26)34(22-25-12-10-16-28(20-25)40-2)31(36)23-35(27-15-11-17-29(21-27)41-3)42(38,39)30-18-8-5-9-19-30/h5,8-12,15-21,24,26H,4,6-7,13-14,22-23H2,1-3H3,(H,33,37)/t24-/m1/s1. The van der Waals surface area contributed by atoms with E-state index in [0.29, 0.717) is 11.5 Å². The van der Waals surface area contributed by atoms with Gasteiger partial charge >= 0.3 is 0 Å². The summed E-state index contributed by atoms with van der Waals surface area (Å²) in [4.78, 5) is 29.1. The lowest BCUT2D eigenvalue weighted by atomic mass is 9.95. The van der Waals surface area contributed by atoms with Crippen LogP contribution in [0.1, 0.15) is 44.6 Å². The molecule has 3 aromatic rings.